The molecule has 0 aliphatic carbocycles. The maximum absolute atomic E-state index is 13.6. The van der Waals surface area contributed by atoms with Gasteiger partial charge in [-0.1, -0.05) is 6.07 Å². The molecular formula is C13H14FN3O2S. The second-order valence-corrected chi connectivity index (χ2v) is 6.97. The largest absolute Gasteiger partial charge is 0.315 e. The van der Waals surface area contributed by atoms with E-state index >= 15 is 0 Å². The maximum Gasteiger partial charge on any atom is 0.244 e. The highest BCUT2D eigenvalue weighted by atomic mass is 32.2. The highest BCUT2D eigenvalue weighted by Gasteiger charge is 2.44. The first-order valence-corrected chi connectivity index (χ1v) is 7.91. The van der Waals surface area contributed by atoms with Gasteiger partial charge in [0.1, 0.15) is 22.3 Å². The molecule has 2 heterocycles. The summed E-state index contributed by atoms with van der Waals surface area (Å²) in [4.78, 5) is -0.229. The molecule has 20 heavy (non-hydrogen) atoms. The second-order valence-electron chi connectivity index (χ2n) is 5.11. The molecule has 0 unspecified atom stereocenters. The van der Waals surface area contributed by atoms with Crippen molar-refractivity contribution in [3.8, 4) is 6.07 Å². The Morgan fingerprint density at radius 1 is 1.40 bits per heavy atom. The topological polar surface area (TPSA) is 73.2 Å². The van der Waals surface area contributed by atoms with Crippen molar-refractivity contribution in [2.75, 3.05) is 19.6 Å². The molecule has 7 heteroatoms. The van der Waals surface area contributed by atoms with Gasteiger partial charge in [-0.3, -0.25) is 0 Å². The van der Waals surface area contributed by atoms with Gasteiger partial charge in [-0.25, -0.2) is 12.8 Å². The molecule has 2 aliphatic heterocycles. The van der Waals surface area contributed by atoms with Crippen LogP contribution in [0.1, 0.15) is 12.0 Å². The number of hydrogen-bond acceptors (Lipinski definition) is 4. The van der Waals surface area contributed by atoms with E-state index in [0.29, 0.717) is 19.0 Å². The number of nitriles is 1. The van der Waals surface area contributed by atoms with Gasteiger partial charge in [0.05, 0.1) is 0 Å². The van der Waals surface area contributed by atoms with Crippen LogP contribution in [0, 0.1) is 23.1 Å². The van der Waals surface area contributed by atoms with E-state index in [4.69, 9.17) is 5.26 Å². The van der Waals surface area contributed by atoms with Gasteiger partial charge < -0.3 is 5.32 Å². The van der Waals surface area contributed by atoms with Gasteiger partial charge in [-0.15, -0.1) is 0 Å². The molecule has 0 bridgehead atoms. The van der Waals surface area contributed by atoms with Crippen LogP contribution in [-0.2, 0) is 10.0 Å². The summed E-state index contributed by atoms with van der Waals surface area (Å²) in [6, 6.07) is 5.29. The predicted molar refractivity (Wildman–Crippen MR) is 69.8 cm³/mol. The van der Waals surface area contributed by atoms with Gasteiger partial charge >= 0.3 is 0 Å². The Bertz CT molecular complexity index is 683. The summed E-state index contributed by atoms with van der Waals surface area (Å²) in [6.07, 6.45) is 0.800. The maximum atomic E-state index is 13.6. The quantitative estimate of drug-likeness (QED) is 0.871. The Kier molecular flexibility index (Phi) is 3.24. The van der Waals surface area contributed by atoms with Crippen LogP contribution in [0.2, 0.25) is 0 Å². The molecule has 5 nitrogen and oxygen atoms in total. The van der Waals surface area contributed by atoms with Crippen LogP contribution in [0.15, 0.2) is 23.1 Å². The number of nitrogens with one attached hydrogen (secondary N) is 1. The number of fused-ring (bicyclic) bond motifs is 1. The molecule has 0 radical (unpaired) electrons. The number of nitrogens with zero attached hydrogens (tertiary/aromatic N) is 2. The van der Waals surface area contributed by atoms with Crippen LogP contribution in [0.25, 0.3) is 0 Å². The number of sulfonamides is 1. The fourth-order valence-corrected chi connectivity index (χ4v) is 4.92. The lowest BCUT2D eigenvalue weighted by Gasteiger charge is -2.23. The first kappa shape index (κ1) is 13.5. The zero-order valence-corrected chi connectivity index (χ0v) is 11.5. The molecule has 106 valence electrons. The Morgan fingerprint density at radius 3 is 2.95 bits per heavy atom. The zero-order valence-electron chi connectivity index (χ0n) is 10.7. The number of benzene rings is 1. The van der Waals surface area contributed by atoms with Gasteiger partial charge in [-0.05, 0) is 31.0 Å². The van der Waals surface area contributed by atoms with Crippen molar-refractivity contribution in [3.05, 3.63) is 29.6 Å². The minimum atomic E-state index is -3.83. The Morgan fingerprint density at radius 2 is 2.20 bits per heavy atom. The smallest absolute Gasteiger partial charge is 0.244 e. The number of rotatable bonds is 2. The third-order valence-electron chi connectivity index (χ3n) is 4.07. The normalized spacial score (nSPS) is 26.4. The van der Waals surface area contributed by atoms with E-state index in [1.807, 2.05) is 0 Å². The molecule has 2 aliphatic rings. The molecule has 3 rings (SSSR count). The molecule has 1 aromatic carbocycles. The van der Waals surface area contributed by atoms with E-state index in [1.54, 1.807) is 6.07 Å². The molecule has 0 amide bonds. The fraction of sp³-hybridized carbons (Fsp3) is 0.462. The lowest BCUT2D eigenvalue weighted by molar-refractivity contribution is 0.382. The summed E-state index contributed by atoms with van der Waals surface area (Å²) in [5.41, 5.74) is -0.401. The first-order chi connectivity index (χ1) is 9.55. The summed E-state index contributed by atoms with van der Waals surface area (Å²) in [5, 5.41) is 12.2. The van der Waals surface area contributed by atoms with Crippen molar-refractivity contribution in [1.29, 1.82) is 5.26 Å². The van der Waals surface area contributed by atoms with Crippen molar-refractivity contribution in [3.63, 3.8) is 0 Å². The van der Waals surface area contributed by atoms with E-state index in [0.717, 1.165) is 19.0 Å². The molecule has 1 N–H and O–H groups in total. The Hall–Kier alpha value is -1.49. The molecule has 1 aromatic rings. The lowest BCUT2D eigenvalue weighted by Crippen LogP contribution is -2.39. The van der Waals surface area contributed by atoms with Gasteiger partial charge in [0.15, 0.2) is 0 Å². The Balaban J connectivity index is 2.05. The van der Waals surface area contributed by atoms with Crippen molar-refractivity contribution < 1.29 is 12.8 Å². The second kappa shape index (κ2) is 4.81. The predicted octanol–water partition coefficient (Wildman–Crippen LogP) is 0.680. The standard InChI is InChI=1S/C13H14FN3O2S/c14-11-2-1-3-13(10(11)6-15)20(18,19)17-5-4-9-7-16-8-12(9)17/h1-3,9,12,16H,4-5,7-8H2/t9-,12+/m0/s1. The molecular weight excluding hydrogens is 281 g/mol. The highest BCUT2D eigenvalue weighted by Crippen LogP contribution is 2.33. The Labute approximate surface area is 117 Å². The summed E-state index contributed by atoms with van der Waals surface area (Å²) < 4.78 is 40.4. The summed E-state index contributed by atoms with van der Waals surface area (Å²) in [5.74, 6) is -0.488. The van der Waals surface area contributed by atoms with E-state index < -0.39 is 21.4 Å². The summed E-state index contributed by atoms with van der Waals surface area (Å²) in [6.45, 7) is 1.85. The van der Waals surface area contributed by atoms with Crippen LogP contribution >= 0.6 is 0 Å². The fourth-order valence-electron chi connectivity index (χ4n) is 3.06. The number of halogens is 1. The van der Waals surface area contributed by atoms with E-state index in [1.165, 1.54) is 16.4 Å². The van der Waals surface area contributed by atoms with Crippen LogP contribution in [0.3, 0.4) is 0 Å². The van der Waals surface area contributed by atoms with Crippen molar-refractivity contribution in [2.45, 2.75) is 17.4 Å². The van der Waals surface area contributed by atoms with Crippen molar-refractivity contribution in [1.82, 2.24) is 9.62 Å². The SMILES string of the molecule is N#Cc1c(F)cccc1S(=O)(=O)N1CC[C@H]2CNC[C@H]21. The monoisotopic (exact) mass is 295 g/mol. The average molecular weight is 295 g/mol. The van der Waals surface area contributed by atoms with E-state index in [2.05, 4.69) is 5.32 Å². The van der Waals surface area contributed by atoms with E-state index in [-0.39, 0.29) is 10.9 Å². The van der Waals surface area contributed by atoms with Gasteiger partial charge in [-0.2, -0.15) is 9.57 Å². The third-order valence-corrected chi connectivity index (χ3v) is 6.03. The minimum Gasteiger partial charge on any atom is -0.315 e. The lowest BCUT2D eigenvalue weighted by atomic mass is 10.1. The van der Waals surface area contributed by atoms with Crippen LogP contribution in [0.5, 0.6) is 0 Å². The summed E-state index contributed by atoms with van der Waals surface area (Å²) in [7, 11) is -3.83. The molecule has 2 saturated heterocycles. The van der Waals surface area contributed by atoms with Gasteiger partial charge in [0.25, 0.3) is 0 Å². The first-order valence-electron chi connectivity index (χ1n) is 6.47. The van der Waals surface area contributed by atoms with Crippen molar-refractivity contribution in [2.24, 2.45) is 5.92 Å². The summed E-state index contributed by atoms with van der Waals surface area (Å²) >= 11 is 0. The average Bonchev–Trinajstić information content (AvgIpc) is 3.00. The molecule has 0 spiro atoms. The zero-order chi connectivity index (χ0) is 14.3. The third kappa shape index (κ3) is 1.92. The molecule has 0 saturated carbocycles. The molecule has 0 aromatic heterocycles. The van der Waals surface area contributed by atoms with Gasteiger partial charge in [0, 0.05) is 19.1 Å². The molecule has 2 fully saturated rings. The van der Waals surface area contributed by atoms with Gasteiger partial charge in [0.2, 0.25) is 10.0 Å². The minimum absolute atomic E-state index is 0.0881. The molecule has 2 atom stereocenters. The van der Waals surface area contributed by atoms with Crippen molar-refractivity contribution >= 4 is 10.0 Å². The van der Waals surface area contributed by atoms with Crippen LogP contribution < -0.4 is 5.32 Å². The highest BCUT2D eigenvalue weighted by molar-refractivity contribution is 7.89. The number of hydrogen-bond donors (Lipinski definition) is 1. The van der Waals surface area contributed by atoms with Crippen LogP contribution in [-0.4, -0.2) is 38.4 Å². The van der Waals surface area contributed by atoms with E-state index in [9.17, 15) is 12.8 Å². The van der Waals surface area contributed by atoms with Crippen LogP contribution in [0.4, 0.5) is 4.39 Å².